The average Bonchev–Trinajstić information content (AvgIpc) is 3.22. The van der Waals surface area contributed by atoms with Crippen molar-refractivity contribution in [3.05, 3.63) is 89.2 Å². The van der Waals surface area contributed by atoms with Crippen LogP contribution in [0.25, 0.3) is 17.1 Å². The summed E-state index contributed by atoms with van der Waals surface area (Å²) in [6.45, 7) is 1.70. The monoisotopic (exact) mass is 477 g/mol. The maximum Gasteiger partial charge on any atom is 0.237 e. The summed E-state index contributed by atoms with van der Waals surface area (Å²) >= 11 is 7.49. The number of benzene rings is 3. The van der Waals surface area contributed by atoms with Gasteiger partial charge in [-0.25, -0.2) is 4.39 Å². The number of rotatable bonds is 6. The molecule has 0 fully saturated rings. The minimum atomic E-state index is -0.620. The van der Waals surface area contributed by atoms with Gasteiger partial charge in [-0.1, -0.05) is 59.8 Å². The summed E-state index contributed by atoms with van der Waals surface area (Å²) < 4.78 is 16.3. The summed E-state index contributed by atoms with van der Waals surface area (Å²) in [6.07, 6.45) is 0. The van der Waals surface area contributed by atoms with Crippen molar-refractivity contribution in [1.82, 2.24) is 14.8 Å². The second-order valence-corrected chi connectivity index (χ2v) is 8.69. The van der Waals surface area contributed by atoms with E-state index in [1.54, 1.807) is 78.2 Å². The molecule has 0 spiro atoms. The third-order valence-electron chi connectivity index (χ3n) is 4.80. The first-order valence-electron chi connectivity index (χ1n) is 9.91. The summed E-state index contributed by atoms with van der Waals surface area (Å²) in [4.78, 5) is 12.8. The molecule has 0 bridgehead atoms. The Morgan fingerprint density at radius 3 is 2.55 bits per heavy atom. The Morgan fingerprint density at radius 1 is 1.09 bits per heavy atom. The number of nitrogens with one attached hydrogen (secondary N) is 1. The van der Waals surface area contributed by atoms with Gasteiger partial charge in [-0.15, -0.1) is 10.2 Å². The highest BCUT2D eigenvalue weighted by molar-refractivity contribution is 8.00. The van der Waals surface area contributed by atoms with E-state index in [1.807, 2.05) is 0 Å². The quantitative estimate of drug-likeness (QED) is 0.359. The molecule has 4 rings (SSSR count). The van der Waals surface area contributed by atoms with Gasteiger partial charge in [0.15, 0.2) is 11.0 Å². The molecule has 1 unspecified atom stereocenters. The molecular weight excluding hydrogens is 461 g/mol. The predicted octanol–water partition coefficient (Wildman–Crippen LogP) is 5.72. The highest BCUT2D eigenvalue weighted by Crippen LogP contribution is 2.34. The number of aromatic nitrogens is 3. The van der Waals surface area contributed by atoms with Crippen molar-refractivity contribution in [2.45, 2.75) is 17.3 Å². The largest absolute Gasteiger partial charge is 0.324 e. The van der Waals surface area contributed by atoms with Crippen molar-refractivity contribution in [3.63, 3.8) is 0 Å². The zero-order chi connectivity index (χ0) is 23.4. The third-order valence-corrected chi connectivity index (χ3v) is 6.17. The van der Waals surface area contributed by atoms with Gasteiger partial charge in [0.25, 0.3) is 0 Å². The molecule has 0 saturated carbocycles. The van der Waals surface area contributed by atoms with Gasteiger partial charge in [-0.2, -0.15) is 5.26 Å². The highest BCUT2D eigenvalue weighted by atomic mass is 35.5. The maximum absolute atomic E-state index is 14.8. The van der Waals surface area contributed by atoms with E-state index in [0.29, 0.717) is 32.8 Å². The van der Waals surface area contributed by atoms with E-state index in [1.165, 1.54) is 6.07 Å². The smallest absolute Gasteiger partial charge is 0.237 e. The third kappa shape index (κ3) is 4.75. The van der Waals surface area contributed by atoms with Crippen molar-refractivity contribution in [2.24, 2.45) is 0 Å². The van der Waals surface area contributed by atoms with Gasteiger partial charge in [0.1, 0.15) is 11.9 Å². The number of para-hydroxylation sites is 2. The van der Waals surface area contributed by atoms with Crippen molar-refractivity contribution in [3.8, 4) is 23.1 Å². The molecule has 1 atom stereocenters. The van der Waals surface area contributed by atoms with E-state index in [4.69, 9.17) is 11.6 Å². The van der Waals surface area contributed by atoms with Crippen LogP contribution in [-0.4, -0.2) is 25.9 Å². The van der Waals surface area contributed by atoms with Crippen LogP contribution < -0.4 is 5.32 Å². The number of halogens is 2. The molecule has 6 nitrogen and oxygen atoms in total. The molecule has 164 valence electrons. The lowest BCUT2D eigenvalue weighted by Crippen LogP contribution is -2.23. The lowest BCUT2D eigenvalue weighted by molar-refractivity contribution is -0.115. The van der Waals surface area contributed by atoms with E-state index in [9.17, 15) is 14.4 Å². The Bertz CT molecular complexity index is 1370. The van der Waals surface area contributed by atoms with Crippen LogP contribution in [0.5, 0.6) is 0 Å². The number of nitriles is 1. The van der Waals surface area contributed by atoms with Crippen molar-refractivity contribution >= 4 is 35.0 Å². The minimum Gasteiger partial charge on any atom is -0.324 e. The van der Waals surface area contributed by atoms with Crippen LogP contribution in [0.2, 0.25) is 5.02 Å². The van der Waals surface area contributed by atoms with Gasteiger partial charge < -0.3 is 5.32 Å². The summed E-state index contributed by atoms with van der Waals surface area (Å²) in [5, 5.41) is 20.7. The fraction of sp³-hybridized carbons (Fsp3) is 0.0833. The second kappa shape index (κ2) is 9.86. The number of amides is 1. The predicted molar refractivity (Wildman–Crippen MR) is 127 cm³/mol. The summed E-state index contributed by atoms with van der Waals surface area (Å²) in [6, 6.07) is 22.1. The number of carbonyl (C=O) groups excluding carboxylic acids is 1. The molecule has 0 aliphatic carbocycles. The van der Waals surface area contributed by atoms with E-state index in [2.05, 4.69) is 21.6 Å². The van der Waals surface area contributed by atoms with Crippen molar-refractivity contribution in [1.29, 1.82) is 5.26 Å². The first kappa shape index (κ1) is 22.5. The molecule has 1 amide bonds. The molecule has 1 heterocycles. The van der Waals surface area contributed by atoms with Gasteiger partial charge in [-0.3, -0.25) is 9.36 Å². The van der Waals surface area contributed by atoms with Gasteiger partial charge >= 0.3 is 0 Å². The normalized spacial score (nSPS) is 11.6. The second-order valence-electron chi connectivity index (χ2n) is 6.98. The Hall–Kier alpha value is -3.67. The topological polar surface area (TPSA) is 83.6 Å². The Labute approximate surface area is 199 Å². The number of hydrogen-bond acceptors (Lipinski definition) is 5. The molecule has 4 aromatic rings. The standard InChI is InChI=1S/C24H17ClFN5OS/c1-15(23(32)28-20-12-6-2-8-16(20)14-27)33-24-30-29-22(17-9-3-4-10-18(17)25)31(24)21-13-7-5-11-19(21)26/h2-13,15H,1H3,(H,28,32). The van der Waals surface area contributed by atoms with Gasteiger partial charge in [0, 0.05) is 5.56 Å². The van der Waals surface area contributed by atoms with Crippen LogP contribution in [0.3, 0.4) is 0 Å². The van der Waals surface area contributed by atoms with Gasteiger partial charge in [0.2, 0.25) is 5.91 Å². The maximum atomic E-state index is 14.8. The SMILES string of the molecule is CC(Sc1nnc(-c2ccccc2Cl)n1-c1ccccc1F)C(=O)Nc1ccccc1C#N. The molecule has 0 radical (unpaired) electrons. The van der Waals surface area contributed by atoms with Crippen molar-refractivity contribution < 1.29 is 9.18 Å². The van der Waals surface area contributed by atoms with Crippen LogP contribution in [0.4, 0.5) is 10.1 Å². The molecule has 9 heteroatoms. The van der Waals surface area contributed by atoms with Crippen LogP contribution >= 0.6 is 23.4 Å². The van der Waals surface area contributed by atoms with E-state index >= 15 is 0 Å². The Morgan fingerprint density at radius 2 is 1.79 bits per heavy atom. The van der Waals surface area contributed by atoms with Gasteiger partial charge in [0.05, 0.1) is 27.2 Å². The van der Waals surface area contributed by atoms with Crippen LogP contribution in [-0.2, 0) is 4.79 Å². The molecule has 0 aliphatic rings. The number of anilines is 1. The first-order valence-corrected chi connectivity index (χ1v) is 11.2. The summed E-state index contributed by atoms with van der Waals surface area (Å²) in [5.74, 6) is -0.437. The van der Waals surface area contributed by atoms with Crippen LogP contribution in [0.15, 0.2) is 78.0 Å². The van der Waals surface area contributed by atoms with Crippen LogP contribution in [0.1, 0.15) is 12.5 Å². The Balaban J connectivity index is 1.69. The average molecular weight is 478 g/mol. The molecule has 1 aromatic heterocycles. The van der Waals surface area contributed by atoms with E-state index < -0.39 is 11.1 Å². The van der Waals surface area contributed by atoms with Crippen molar-refractivity contribution in [2.75, 3.05) is 5.32 Å². The zero-order valence-electron chi connectivity index (χ0n) is 17.4. The molecule has 33 heavy (non-hydrogen) atoms. The number of nitrogens with zero attached hydrogens (tertiary/aromatic N) is 4. The number of carbonyl (C=O) groups is 1. The molecule has 0 aliphatic heterocycles. The first-order chi connectivity index (χ1) is 16.0. The number of thioether (sulfide) groups is 1. The molecule has 0 saturated heterocycles. The summed E-state index contributed by atoms with van der Waals surface area (Å²) in [5.41, 5.74) is 1.60. The van der Waals surface area contributed by atoms with Gasteiger partial charge in [-0.05, 0) is 43.3 Å². The molecular formula is C24H17ClFN5OS. The lowest BCUT2D eigenvalue weighted by atomic mass is 10.2. The lowest BCUT2D eigenvalue weighted by Gasteiger charge is -2.15. The fourth-order valence-corrected chi connectivity index (χ4v) is 4.23. The molecule has 1 N–H and O–H groups in total. The summed E-state index contributed by atoms with van der Waals surface area (Å²) in [7, 11) is 0. The number of hydrogen-bond donors (Lipinski definition) is 1. The fourth-order valence-electron chi connectivity index (χ4n) is 3.15. The van der Waals surface area contributed by atoms with E-state index in [0.717, 1.165) is 11.8 Å². The van der Waals surface area contributed by atoms with Crippen LogP contribution in [0, 0.1) is 17.1 Å². The molecule has 3 aromatic carbocycles. The zero-order valence-corrected chi connectivity index (χ0v) is 18.9. The highest BCUT2D eigenvalue weighted by Gasteiger charge is 2.24. The van der Waals surface area contributed by atoms with E-state index in [-0.39, 0.29) is 11.6 Å². The minimum absolute atomic E-state index is 0.238. The Kier molecular flexibility index (Phi) is 6.73.